The first-order valence-electron chi connectivity index (χ1n) is 21.7. The van der Waals surface area contributed by atoms with E-state index in [2.05, 4.69) is 0 Å². The predicted molar refractivity (Wildman–Crippen MR) is 244 cm³/mol. The number of rotatable bonds is 6. The Hall–Kier alpha value is -11.5. The van der Waals surface area contributed by atoms with E-state index in [1.165, 1.54) is 0 Å². The van der Waals surface area contributed by atoms with E-state index < -0.39 is 243 Å². The molecule has 0 saturated heterocycles. The van der Waals surface area contributed by atoms with Crippen LogP contribution in [-0.2, 0) is 23.7 Å². The van der Waals surface area contributed by atoms with Gasteiger partial charge < -0.3 is 125 Å². The number of ether oxygens (including phenoxy) is 6. The van der Waals surface area contributed by atoms with Crippen molar-refractivity contribution in [1.29, 1.82) is 0 Å². The highest BCUT2D eigenvalue weighted by atomic mass is 16.6. The van der Waals surface area contributed by atoms with Crippen molar-refractivity contribution in [3.05, 3.63) is 75.3 Å². The summed E-state index contributed by atoms with van der Waals surface area (Å²) in [5.41, 5.74) is -13.3. The number of carbonyl (C=O) groups is 6. The highest BCUT2D eigenvalue weighted by Gasteiger charge is 2.54. The molecule has 4 aliphatic heterocycles. The van der Waals surface area contributed by atoms with Gasteiger partial charge in [-0.3, -0.25) is 0 Å². The van der Waals surface area contributed by atoms with Crippen LogP contribution in [0.15, 0.2) is 36.4 Å². The van der Waals surface area contributed by atoms with Gasteiger partial charge in [0, 0.05) is 39.9 Å². The van der Waals surface area contributed by atoms with Crippen LogP contribution in [-0.4, -0.2) is 164 Å². The molecule has 79 heavy (non-hydrogen) atoms. The molecule has 6 aromatic carbocycles. The van der Waals surface area contributed by atoms with E-state index in [9.17, 15) is 126 Å². The summed E-state index contributed by atoms with van der Waals surface area (Å²) in [4.78, 5) is 84.6. The van der Waals surface area contributed by atoms with Crippen molar-refractivity contribution in [3.8, 4) is 131 Å². The van der Waals surface area contributed by atoms with Gasteiger partial charge in [0.1, 0.15) is 18.3 Å². The summed E-state index contributed by atoms with van der Waals surface area (Å²) in [6, 6.07) is 2.15. The molecule has 0 aliphatic carbocycles. The summed E-state index contributed by atoms with van der Waals surface area (Å²) >= 11 is 0. The quantitative estimate of drug-likeness (QED) is 0.0646. The van der Waals surface area contributed by atoms with Crippen LogP contribution in [0.25, 0.3) is 22.3 Å². The summed E-state index contributed by atoms with van der Waals surface area (Å²) < 4.78 is 33.2. The van der Waals surface area contributed by atoms with Crippen LogP contribution in [0.2, 0.25) is 0 Å². The van der Waals surface area contributed by atoms with Crippen LogP contribution in [0, 0.1) is 0 Å². The number of aromatic hydroxyl groups is 17. The second-order valence-corrected chi connectivity index (χ2v) is 17.1. The van der Waals surface area contributed by atoms with Crippen LogP contribution < -0.4 is 4.74 Å². The first-order valence-corrected chi connectivity index (χ1v) is 21.7. The smallest absolute Gasteiger partial charge is 0.339 e. The van der Waals surface area contributed by atoms with Crippen molar-refractivity contribution < 1.29 is 154 Å². The highest BCUT2D eigenvalue weighted by molar-refractivity contribution is 6.11. The highest BCUT2D eigenvalue weighted by Crippen LogP contribution is 2.59. The number of aromatic carboxylic acids is 1. The van der Waals surface area contributed by atoms with Gasteiger partial charge in [0.05, 0.1) is 27.8 Å². The molecule has 0 fully saturated rings. The molecule has 10 rings (SSSR count). The van der Waals surface area contributed by atoms with E-state index in [-0.39, 0.29) is 6.07 Å². The monoisotopic (exact) mass is 1100 g/mol. The summed E-state index contributed by atoms with van der Waals surface area (Å²) in [5.74, 6) is -38.9. The second-order valence-electron chi connectivity index (χ2n) is 17.1. The van der Waals surface area contributed by atoms with Crippen molar-refractivity contribution in [2.24, 2.45) is 0 Å². The third-order valence-corrected chi connectivity index (χ3v) is 12.5. The molecule has 4 heterocycles. The lowest BCUT2D eigenvalue weighted by atomic mass is 9.82. The lowest BCUT2D eigenvalue weighted by Gasteiger charge is -2.40. The molecule has 0 amide bonds. The normalized spacial score (nSPS) is 18.5. The molecule has 4 aliphatic rings. The molecule has 31 heteroatoms. The number of esters is 5. The van der Waals surface area contributed by atoms with Gasteiger partial charge >= 0.3 is 35.8 Å². The molecule has 0 aromatic heterocycles. The number of carboxylic acids is 1. The first kappa shape index (κ1) is 52.4. The summed E-state index contributed by atoms with van der Waals surface area (Å²) in [7, 11) is 0. The van der Waals surface area contributed by atoms with Crippen molar-refractivity contribution in [2.45, 2.75) is 30.5 Å². The van der Waals surface area contributed by atoms with Gasteiger partial charge in [0.25, 0.3) is 0 Å². The Bertz CT molecular complexity index is 3740. The maximum atomic E-state index is 15.0. The molecule has 5 atom stereocenters. The van der Waals surface area contributed by atoms with Gasteiger partial charge in [0.15, 0.2) is 99.2 Å². The minimum Gasteiger partial charge on any atom is -0.504 e. The molecule has 0 radical (unpaired) electrons. The minimum absolute atomic E-state index is 0.241. The fourth-order valence-electron chi connectivity index (χ4n) is 8.78. The Labute approximate surface area is 433 Å². The standard InChI is InChI=1S/C48H32O31/c49-13-1-8(2-14(50)26(13)54)44(69)76-19-7-74-45(70)11-6-18(75-39-12(43(67)68)5-17(53)29(57)38(39)66)30(58)33(61)21(11)20-9(3-15(51)27(55)31(20)59)46(71)77-40(19)42-41-36(64)25-24(48(73)78-41)23(34(62)37(65)35(25)63)22-10(47(72)79-42)4-16(52)28(56)32(22)60/h1-6,19,36,40-42,49-66H,7H2,(H,67,68)/t19?,36-,40+,41-,42-/m0/s1. The lowest BCUT2D eigenvalue weighted by Crippen LogP contribution is -2.56. The maximum absolute atomic E-state index is 15.0. The zero-order chi connectivity index (χ0) is 57.9. The zero-order valence-corrected chi connectivity index (χ0v) is 38.5. The van der Waals surface area contributed by atoms with Gasteiger partial charge in [0.2, 0.25) is 34.5 Å². The number of aliphatic hydroxyl groups is 1. The Morgan fingerprint density at radius 2 is 0.899 bits per heavy atom. The SMILES string of the molecule is O=C(OC1COC(=O)c2cc(Oc3c(C(=O)O)cc(O)c(O)c3O)c(O)c(O)c2-c2c(cc(O)c(O)c2O)C(=O)O[C@H]1[C@@H]1OC(=O)c2cc(O)c(O)c(O)c2-c2c(O)c(O)c(O)c3c2C(=O)O[C@H]1[C@H]3O)c1cc(O)c(O)c(O)c1. The van der Waals surface area contributed by atoms with Crippen molar-refractivity contribution >= 4 is 35.8 Å². The Kier molecular flexibility index (Phi) is 12.2. The van der Waals surface area contributed by atoms with Gasteiger partial charge in [-0.25, -0.2) is 28.8 Å². The molecule has 19 N–H and O–H groups in total. The fourth-order valence-corrected chi connectivity index (χ4v) is 8.78. The van der Waals surface area contributed by atoms with E-state index >= 15 is 0 Å². The van der Waals surface area contributed by atoms with Gasteiger partial charge in [-0.1, -0.05) is 0 Å². The molecule has 410 valence electrons. The number of phenols is 17. The number of cyclic esters (lactones) is 2. The molecule has 0 spiro atoms. The maximum Gasteiger partial charge on any atom is 0.339 e. The van der Waals surface area contributed by atoms with Gasteiger partial charge in [-0.05, 0) is 24.3 Å². The van der Waals surface area contributed by atoms with Crippen molar-refractivity contribution in [1.82, 2.24) is 0 Å². The van der Waals surface area contributed by atoms with Crippen LogP contribution >= 0.6 is 0 Å². The molecule has 4 bridgehead atoms. The van der Waals surface area contributed by atoms with Crippen molar-refractivity contribution in [3.63, 3.8) is 0 Å². The van der Waals surface area contributed by atoms with E-state index in [0.29, 0.717) is 30.3 Å². The Balaban J connectivity index is 1.31. The van der Waals surface area contributed by atoms with Crippen LogP contribution in [0.1, 0.15) is 73.8 Å². The Morgan fingerprint density at radius 1 is 0.443 bits per heavy atom. The first-order chi connectivity index (χ1) is 37.1. The summed E-state index contributed by atoms with van der Waals surface area (Å²) in [6.45, 7) is -1.66. The Morgan fingerprint density at radius 3 is 1.46 bits per heavy atom. The molecular formula is C48H32O31. The van der Waals surface area contributed by atoms with Crippen LogP contribution in [0.4, 0.5) is 0 Å². The van der Waals surface area contributed by atoms with Crippen LogP contribution in [0.5, 0.6) is 109 Å². The lowest BCUT2D eigenvalue weighted by molar-refractivity contribution is -0.154. The summed E-state index contributed by atoms with van der Waals surface area (Å²) in [5, 5.41) is 205. The van der Waals surface area contributed by atoms with E-state index in [0.717, 1.165) is 0 Å². The van der Waals surface area contributed by atoms with Crippen LogP contribution in [0.3, 0.4) is 0 Å². The largest absolute Gasteiger partial charge is 0.504 e. The van der Waals surface area contributed by atoms with E-state index in [4.69, 9.17) is 28.4 Å². The van der Waals surface area contributed by atoms with Crippen molar-refractivity contribution in [2.75, 3.05) is 6.61 Å². The molecular weight excluding hydrogens is 1070 g/mol. The van der Waals surface area contributed by atoms with Gasteiger partial charge in [-0.2, -0.15) is 0 Å². The second kappa shape index (κ2) is 18.4. The third kappa shape index (κ3) is 8.04. The molecule has 0 saturated carbocycles. The number of hydrogen-bond donors (Lipinski definition) is 19. The average molecular weight is 1100 g/mol. The fraction of sp³-hybridized carbons (Fsp3) is 0.125. The number of fused-ring (bicyclic) bond motifs is 6. The number of benzene rings is 6. The number of hydrogen-bond acceptors (Lipinski definition) is 30. The molecule has 6 aromatic rings. The van der Waals surface area contributed by atoms with Gasteiger partial charge in [-0.15, -0.1) is 0 Å². The predicted octanol–water partition coefficient (Wildman–Crippen LogP) is 2.24. The number of aliphatic hydroxyl groups excluding tert-OH is 1. The third-order valence-electron chi connectivity index (χ3n) is 12.5. The summed E-state index contributed by atoms with van der Waals surface area (Å²) in [6.07, 6.45) is -14.0. The zero-order valence-electron chi connectivity index (χ0n) is 38.5. The van der Waals surface area contributed by atoms with E-state index in [1.54, 1.807) is 0 Å². The number of carboxylic acid groups (broad SMARTS) is 1. The molecule has 31 nitrogen and oxygen atoms in total. The van der Waals surface area contributed by atoms with E-state index in [1.807, 2.05) is 0 Å². The average Bonchev–Trinajstić information content (AvgIpc) is 3.50. The topological polar surface area (TPSA) is 542 Å². The number of phenolic OH excluding ortho intramolecular Hbond substituents is 17. The molecule has 1 unspecified atom stereocenters. The number of carbonyl (C=O) groups excluding carboxylic acids is 5. The minimum atomic E-state index is -2.93.